The lowest BCUT2D eigenvalue weighted by atomic mass is 10.1. The molecule has 0 bridgehead atoms. The monoisotopic (exact) mass is 418 g/mol. The van der Waals surface area contributed by atoms with Crippen molar-refractivity contribution in [3.05, 3.63) is 59.7 Å². The van der Waals surface area contributed by atoms with Crippen LogP contribution < -0.4 is 10.1 Å². The van der Waals surface area contributed by atoms with Gasteiger partial charge in [-0.3, -0.25) is 4.79 Å². The molecule has 2 aromatic carbocycles. The number of methoxy groups -OCH3 is 1. The number of nitrogens with zero attached hydrogens (tertiary/aromatic N) is 1. The molecule has 1 N–H and O–H groups in total. The van der Waals surface area contributed by atoms with Crippen molar-refractivity contribution in [3.8, 4) is 5.75 Å². The minimum absolute atomic E-state index is 0.0540. The maximum Gasteiger partial charge on any atom is 0.243 e. The Labute approximate surface area is 171 Å². The highest BCUT2D eigenvalue weighted by molar-refractivity contribution is 7.89. The fourth-order valence-corrected chi connectivity index (χ4v) is 4.51. The van der Waals surface area contributed by atoms with Gasteiger partial charge in [0.05, 0.1) is 31.6 Å². The fourth-order valence-electron chi connectivity index (χ4n) is 3.10. The summed E-state index contributed by atoms with van der Waals surface area (Å²) in [5.74, 6) is 0.704. The molecule has 1 heterocycles. The number of carbonyl (C=O) groups excluding carboxylic acids is 1. The highest BCUT2D eigenvalue weighted by Crippen LogP contribution is 2.18. The van der Waals surface area contributed by atoms with Crippen molar-refractivity contribution in [1.82, 2.24) is 9.62 Å². The molecule has 0 radical (unpaired) electrons. The Morgan fingerprint density at radius 3 is 2.28 bits per heavy atom. The van der Waals surface area contributed by atoms with E-state index in [1.54, 1.807) is 31.4 Å². The van der Waals surface area contributed by atoms with Gasteiger partial charge in [-0.1, -0.05) is 24.3 Å². The molecule has 0 atom stereocenters. The van der Waals surface area contributed by atoms with Crippen LogP contribution in [0.2, 0.25) is 0 Å². The molecule has 1 fully saturated rings. The zero-order chi connectivity index (χ0) is 20.7. The quantitative estimate of drug-likeness (QED) is 0.704. The van der Waals surface area contributed by atoms with Gasteiger partial charge in [0, 0.05) is 19.6 Å². The Balaban J connectivity index is 1.47. The molecular weight excluding hydrogens is 392 g/mol. The summed E-state index contributed by atoms with van der Waals surface area (Å²) in [4.78, 5) is 12.4. The molecular formula is C21H26N2O5S. The van der Waals surface area contributed by atoms with Crippen LogP contribution in [0.5, 0.6) is 5.75 Å². The number of ether oxygens (including phenoxy) is 2. The molecule has 1 aliphatic rings. The third kappa shape index (κ3) is 5.79. The molecule has 0 aromatic heterocycles. The predicted molar refractivity (Wildman–Crippen MR) is 109 cm³/mol. The molecule has 2 aromatic rings. The van der Waals surface area contributed by atoms with Gasteiger partial charge in [-0.25, -0.2) is 8.42 Å². The van der Waals surface area contributed by atoms with E-state index in [4.69, 9.17) is 9.47 Å². The van der Waals surface area contributed by atoms with Crippen LogP contribution in [0.4, 0.5) is 0 Å². The van der Waals surface area contributed by atoms with E-state index in [0.29, 0.717) is 45.7 Å². The number of rotatable bonds is 8. The molecule has 1 saturated heterocycles. The maximum atomic E-state index is 12.6. The van der Waals surface area contributed by atoms with Gasteiger partial charge in [-0.15, -0.1) is 0 Å². The fraction of sp³-hybridized carbons (Fsp3) is 0.381. The first-order valence-electron chi connectivity index (χ1n) is 9.55. The van der Waals surface area contributed by atoms with E-state index in [0.717, 1.165) is 16.9 Å². The van der Waals surface area contributed by atoms with Gasteiger partial charge < -0.3 is 14.8 Å². The Kier molecular flexibility index (Phi) is 7.24. The third-order valence-corrected chi connectivity index (χ3v) is 6.70. The van der Waals surface area contributed by atoms with E-state index in [1.807, 2.05) is 24.3 Å². The average Bonchev–Trinajstić information content (AvgIpc) is 2.75. The van der Waals surface area contributed by atoms with Crippen LogP contribution in [0.1, 0.15) is 11.1 Å². The highest BCUT2D eigenvalue weighted by atomic mass is 32.2. The highest BCUT2D eigenvalue weighted by Gasteiger charge is 2.25. The molecule has 0 spiro atoms. The van der Waals surface area contributed by atoms with Crippen molar-refractivity contribution in [2.45, 2.75) is 17.7 Å². The summed E-state index contributed by atoms with van der Waals surface area (Å²) < 4.78 is 37.0. The number of hydrogen-bond donors (Lipinski definition) is 1. The van der Waals surface area contributed by atoms with Crippen molar-refractivity contribution in [3.63, 3.8) is 0 Å². The first-order valence-corrected chi connectivity index (χ1v) is 11.0. The second kappa shape index (κ2) is 9.87. The molecule has 29 heavy (non-hydrogen) atoms. The van der Waals surface area contributed by atoms with Crippen molar-refractivity contribution in [2.75, 3.05) is 40.0 Å². The molecule has 0 aliphatic carbocycles. The Bertz CT molecular complexity index is 905. The summed E-state index contributed by atoms with van der Waals surface area (Å²) in [6.45, 7) is 2.10. The Morgan fingerprint density at radius 1 is 1.03 bits per heavy atom. The molecule has 7 nitrogen and oxygen atoms in total. The summed E-state index contributed by atoms with van der Waals surface area (Å²) in [6.07, 6.45) is 0.937. The maximum absolute atomic E-state index is 12.6. The number of sulfonamides is 1. The van der Waals surface area contributed by atoms with Gasteiger partial charge in [0.15, 0.2) is 0 Å². The number of morpholine rings is 1. The van der Waals surface area contributed by atoms with Gasteiger partial charge in [0.1, 0.15) is 5.75 Å². The first kappa shape index (κ1) is 21.3. The van der Waals surface area contributed by atoms with Gasteiger partial charge in [0.2, 0.25) is 15.9 Å². The van der Waals surface area contributed by atoms with E-state index in [9.17, 15) is 13.2 Å². The largest absolute Gasteiger partial charge is 0.497 e. The van der Waals surface area contributed by atoms with E-state index in [2.05, 4.69) is 5.32 Å². The number of amides is 1. The zero-order valence-corrected chi connectivity index (χ0v) is 17.3. The van der Waals surface area contributed by atoms with E-state index >= 15 is 0 Å². The predicted octanol–water partition coefficient (Wildman–Crippen LogP) is 1.62. The van der Waals surface area contributed by atoms with Crippen LogP contribution in [-0.4, -0.2) is 58.6 Å². The molecule has 8 heteroatoms. The number of carbonyl (C=O) groups is 1. The van der Waals surface area contributed by atoms with Crippen LogP contribution >= 0.6 is 0 Å². The molecule has 1 aliphatic heterocycles. The SMILES string of the molecule is COc1ccc(CC(=O)NCCc2ccc(S(=O)(=O)N3CCOCC3)cc2)cc1. The van der Waals surface area contributed by atoms with Gasteiger partial charge in [0.25, 0.3) is 0 Å². The van der Waals surface area contributed by atoms with Gasteiger partial charge >= 0.3 is 0 Å². The summed E-state index contributed by atoms with van der Waals surface area (Å²) in [5.41, 5.74) is 1.89. The lowest BCUT2D eigenvalue weighted by molar-refractivity contribution is -0.120. The molecule has 1 amide bonds. The molecule has 3 rings (SSSR count). The summed E-state index contributed by atoms with van der Waals surface area (Å²) in [7, 11) is -1.87. The van der Waals surface area contributed by atoms with Crippen LogP contribution in [0, 0.1) is 0 Å². The Morgan fingerprint density at radius 2 is 1.66 bits per heavy atom. The number of nitrogens with one attached hydrogen (secondary N) is 1. The lowest BCUT2D eigenvalue weighted by Gasteiger charge is -2.26. The second-order valence-corrected chi connectivity index (χ2v) is 8.72. The minimum atomic E-state index is -3.48. The molecule has 0 saturated carbocycles. The number of benzene rings is 2. The number of hydrogen-bond acceptors (Lipinski definition) is 5. The van der Waals surface area contributed by atoms with Gasteiger partial charge in [-0.05, 0) is 41.8 Å². The molecule has 0 unspecified atom stereocenters. The second-order valence-electron chi connectivity index (χ2n) is 6.79. The van der Waals surface area contributed by atoms with Crippen LogP contribution in [0.15, 0.2) is 53.4 Å². The summed E-state index contributed by atoms with van der Waals surface area (Å²) in [6, 6.07) is 14.2. The molecule has 156 valence electrons. The van der Waals surface area contributed by atoms with Crippen molar-refractivity contribution in [2.24, 2.45) is 0 Å². The summed E-state index contributed by atoms with van der Waals surface area (Å²) >= 11 is 0. The van der Waals surface area contributed by atoms with Crippen LogP contribution in [-0.2, 0) is 32.4 Å². The zero-order valence-electron chi connectivity index (χ0n) is 16.5. The van der Waals surface area contributed by atoms with Crippen molar-refractivity contribution < 1.29 is 22.7 Å². The standard InChI is InChI=1S/C21H26N2O5S/c1-27-19-6-2-18(3-7-19)16-21(24)22-11-10-17-4-8-20(9-5-17)29(25,26)23-12-14-28-15-13-23/h2-9H,10-16H2,1H3,(H,22,24). The minimum Gasteiger partial charge on any atom is -0.497 e. The smallest absolute Gasteiger partial charge is 0.243 e. The average molecular weight is 419 g/mol. The van der Waals surface area contributed by atoms with E-state index < -0.39 is 10.0 Å². The topological polar surface area (TPSA) is 84.9 Å². The lowest BCUT2D eigenvalue weighted by Crippen LogP contribution is -2.40. The van der Waals surface area contributed by atoms with Crippen LogP contribution in [0.25, 0.3) is 0 Å². The Hall–Kier alpha value is -2.42. The third-order valence-electron chi connectivity index (χ3n) is 4.79. The van der Waals surface area contributed by atoms with E-state index in [-0.39, 0.29) is 10.8 Å². The van der Waals surface area contributed by atoms with Crippen molar-refractivity contribution in [1.29, 1.82) is 0 Å². The summed E-state index contributed by atoms with van der Waals surface area (Å²) in [5, 5.41) is 2.89. The van der Waals surface area contributed by atoms with Crippen molar-refractivity contribution >= 4 is 15.9 Å². The normalized spacial score (nSPS) is 15.1. The van der Waals surface area contributed by atoms with Crippen LogP contribution in [0.3, 0.4) is 0 Å². The first-order chi connectivity index (χ1) is 14.0. The van der Waals surface area contributed by atoms with Gasteiger partial charge in [-0.2, -0.15) is 4.31 Å². The van der Waals surface area contributed by atoms with E-state index in [1.165, 1.54) is 4.31 Å².